The molecule has 3 aliphatic rings. The maximum atomic E-state index is 10.1. The van der Waals surface area contributed by atoms with Gasteiger partial charge >= 0.3 is 0 Å². The molecule has 1 aromatic rings. The summed E-state index contributed by atoms with van der Waals surface area (Å²) < 4.78 is 0. The van der Waals surface area contributed by atoms with E-state index in [4.69, 9.17) is 0 Å². The monoisotopic (exact) mass is 270 g/mol. The van der Waals surface area contributed by atoms with E-state index < -0.39 is 0 Å². The molecule has 1 aromatic carbocycles. The van der Waals surface area contributed by atoms with E-state index in [1.54, 1.807) is 5.57 Å². The third-order valence-corrected chi connectivity index (χ3v) is 5.92. The van der Waals surface area contributed by atoms with Crippen LogP contribution in [0.2, 0.25) is 0 Å². The fourth-order valence-corrected chi connectivity index (χ4v) is 4.98. The van der Waals surface area contributed by atoms with Crippen molar-refractivity contribution in [2.75, 3.05) is 0 Å². The lowest BCUT2D eigenvalue weighted by Crippen LogP contribution is -2.33. The van der Waals surface area contributed by atoms with E-state index in [0.29, 0.717) is 23.0 Å². The Hall–Kier alpha value is -1.28. The predicted molar refractivity (Wildman–Crippen MR) is 78.7 cm³/mol. The van der Waals surface area contributed by atoms with Crippen LogP contribution in [0.1, 0.15) is 49.7 Å². The van der Waals surface area contributed by atoms with Crippen LogP contribution in [0, 0.1) is 11.3 Å². The van der Waals surface area contributed by atoms with Crippen LogP contribution >= 0.6 is 0 Å². The van der Waals surface area contributed by atoms with Gasteiger partial charge in [0.2, 0.25) is 0 Å². The van der Waals surface area contributed by atoms with Crippen molar-refractivity contribution in [1.82, 2.24) is 0 Å². The van der Waals surface area contributed by atoms with Crippen molar-refractivity contribution < 1.29 is 10.2 Å². The standard InChI is InChI=1S/C18H22O2/c1-18-7-6-15-14-5-3-12(19)8-11(14)2-4-16(15)17(18)9-13(20)10-18/h3-5,8,13,15,17,19-20H,2,6-7,9-10H2,1H3/t13-,15-,17+,18-/m1/s1. The summed E-state index contributed by atoms with van der Waals surface area (Å²) in [6.07, 6.45) is 7.48. The third kappa shape index (κ3) is 1.67. The lowest BCUT2D eigenvalue weighted by atomic mass is 9.60. The summed E-state index contributed by atoms with van der Waals surface area (Å²) in [6.45, 7) is 2.36. The Morgan fingerprint density at radius 2 is 2.15 bits per heavy atom. The topological polar surface area (TPSA) is 40.5 Å². The molecule has 0 saturated heterocycles. The van der Waals surface area contributed by atoms with Crippen LogP contribution in [0.3, 0.4) is 0 Å². The predicted octanol–water partition coefficient (Wildman–Crippen LogP) is 3.53. The molecule has 4 atom stereocenters. The fraction of sp³-hybridized carbons (Fsp3) is 0.556. The van der Waals surface area contributed by atoms with E-state index in [2.05, 4.69) is 19.1 Å². The first-order valence-corrected chi connectivity index (χ1v) is 7.77. The van der Waals surface area contributed by atoms with E-state index in [0.717, 1.165) is 19.3 Å². The molecular weight excluding hydrogens is 248 g/mol. The summed E-state index contributed by atoms with van der Waals surface area (Å²) in [4.78, 5) is 0. The van der Waals surface area contributed by atoms with Gasteiger partial charge in [0.1, 0.15) is 5.75 Å². The fourth-order valence-electron chi connectivity index (χ4n) is 4.98. The van der Waals surface area contributed by atoms with Gasteiger partial charge in [0, 0.05) is 5.92 Å². The summed E-state index contributed by atoms with van der Waals surface area (Å²) in [5.74, 6) is 1.44. The van der Waals surface area contributed by atoms with Gasteiger partial charge in [-0.25, -0.2) is 0 Å². The molecular formula is C18H22O2. The van der Waals surface area contributed by atoms with Crippen molar-refractivity contribution in [2.45, 2.75) is 51.0 Å². The zero-order valence-corrected chi connectivity index (χ0v) is 12.0. The minimum atomic E-state index is -0.120. The van der Waals surface area contributed by atoms with E-state index in [9.17, 15) is 10.2 Å². The van der Waals surface area contributed by atoms with Crippen LogP contribution < -0.4 is 0 Å². The Bertz CT molecular complexity index is 589. The molecule has 0 unspecified atom stereocenters. The van der Waals surface area contributed by atoms with Gasteiger partial charge in [-0.15, -0.1) is 0 Å². The van der Waals surface area contributed by atoms with Crippen molar-refractivity contribution in [3.63, 3.8) is 0 Å². The molecule has 0 aromatic heterocycles. The highest BCUT2D eigenvalue weighted by atomic mass is 16.3. The van der Waals surface area contributed by atoms with Gasteiger partial charge in [-0.3, -0.25) is 0 Å². The number of allylic oxidation sites excluding steroid dienone is 2. The Morgan fingerprint density at radius 1 is 1.30 bits per heavy atom. The Kier molecular flexibility index (Phi) is 2.56. The Labute approximate surface area is 120 Å². The molecule has 0 radical (unpaired) electrons. The maximum Gasteiger partial charge on any atom is 0.115 e. The third-order valence-electron chi connectivity index (χ3n) is 5.92. The second-order valence-corrected chi connectivity index (χ2v) is 7.18. The van der Waals surface area contributed by atoms with Gasteiger partial charge < -0.3 is 10.2 Å². The number of aliphatic hydroxyl groups is 1. The van der Waals surface area contributed by atoms with Crippen LogP contribution in [0.4, 0.5) is 0 Å². The highest BCUT2D eigenvalue weighted by Crippen LogP contribution is 2.59. The number of fused-ring (bicyclic) bond motifs is 5. The SMILES string of the molecule is C[C@]12CC[C@H]3C(=CCc4cc(O)ccc43)[C@@H]1C[C@@H](O)C2. The molecule has 106 valence electrons. The Balaban J connectivity index is 1.75. The van der Waals surface area contributed by atoms with E-state index in [-0.39, 0.29) is 6.10 Å². The van der Waals surface area contributed by atoms with Gasteiger partial charge in [-0.1, -0.05) is 24.6 Å². The molecule has 2 saturated carbocycles. The summed E-state index contributed by atoms with van der Waals surface area (Å²) in [5.41, 5.74) is 4.55. The highest BCUT2D eigenvalue weighted by molar-refractivity contribution is 5.47. The van der Waals surface area contributed by atoms with Crippen LogP contribution in [-0.4, -0.2) is 16.3 Å². The molecule has 2 fully saturated rings. The molecule has 3 aliphatic carbocycles. The average Bonchev–Trinajstić information content (AvgIpc) is 2.72. The largest absolute Gasteiger partial charge is 0.508 e. The average molecular weight is 270 g/mol. The molecule has 0 bridgehead atoms. The molecule has 0 spiro atoms. The maximum absolute atomic E-state index is 10.1. The first-order chi connectivity index (χ1) is 9.57. The van der Waals surface area contributed by atoms with Crippen LogP contribution in [-0.2, 0) is 6.42 Å². The van der Waals surface area contributed by atoms with Crippen LogP contribution in [0.15, 0.2) is 29.8 Å². The van der Waals surface area contributed by atoms with Crippen molar-refractivity contribution >= 4 is 0 Å². The van der Waals surface area contributed by atoms with Gasteiger partial charge in [0.25, 0.3) is 0 Å². The first-order valence-electron chi connectivity index (χ1n) is 7.77. The van der Waals surface area contributed by atoms with Crippen LogP contribution in [0.25, 0.3) is 0 Å². The molecule has 0 aliphatic heterocycles. The second-order valence-electron chi connectivity index (χ2n) is 7.18. The van der Waals surface area contributed by atoms with E-state index >= 15 is 0 Å². The number of hydrogen-bond acceptors (Lipinski definition) is 2. The molecule has 2 N–H and O–H groups in total. The zero-order valence-electron chi connectivity index (χ0n) is 12.0. The summed E-state index contributed by atoms with van der Waals surface area (Å²) in [5, 5.41) is 19.7. The normalized spacial score (nSPS) is 38.7. The first kappa shape index (κ1) is 12.5. The van der Waals surface area contributed by atoms with Gasteiger partial charge in [0.05, 0.1) is 6.10 Å². The number of benzene rings is 1. The van der Waals surface area contributed by atoms with Gasteiger partial charge in [-0.2, -0.15) is 0 Å². The van der Waals surface area contributed by atoms with E-state index in [1.165, 1.54) is 24.0 Å². The lowest BCUT2D eigenvalue weighted by Gasteiger charge is -2.44. The van der Waals surface area contributed by atoms with E-state index in [1.807, 2.05) is 12.1 Å². The molecule has 0 amide bonds. The van der Waals surface area contributed by atoms with Gasteiger partial charge in [-0.05, 0) is 66.7 Å². The quantitative estimate of drug-likeness (QED) is 0.708. The number of rotatable bonds is 0. The molecule has 20 heavy (non-hydrogen) atoms. The van der Waals surface area contributed by atoms with Crippen molar-refractivity contribution in [3.8, 4) is 5.75 Å². The minimum Gasteiger partial charge on any atom is -0.508 e. The molecule has 2 nitrogen and oxygen atoms in total. The highest BCUT2D eigenvalue weighted by Gasteiger charge is 2.50. The number of hydrogen-bond donors (Lipinski definition) is 2. The number of aromatic hydroxyl groups is 1. The van der Waals surface area contributed by atoms with Gasteiger partial charge in [0.15, 0.2) is 0 Å². The minimum absolute atomic E-state index is 0.120. The Morgan fingerprint density at radius 3 is 3.00 bits per heavy atom. The summed E-state index contributed by atoms with van der Waals surface area (Å²) in [7, 11) is 0. The smallest absolute Gasteiger partial charge is 0.115 e. The van der Waals surface area contributed by atoms with Crippen LogP contribution in [0.5, 0.6) is 5.75 Å². The number of phenolic OH excluding ortho intramolecular Hbond substituents is 1. The molecule has 2 heteroatoms. The molecule has 4 rings (SSSR count). The zero-order chi connectivity index (χ0) is 13.9. The molecule has 0 heterocycles. The lowest BCUT2D eigenvalue weighted by molar-refractivity contribution is 0.151. The van der Waals surface area contributed by atoms with Crippen molar-refractivity contribution in [2.24, 2.45) is 11.3 Å². The second kappa shape index (κ2) is 4.11. The summed E-state index contributed by atoms with van der Waals surface area (Å²) >= 11 is 0. The number of aliphatic hydroxyl groups excluding tert-OH is 1. The van der Waals surface area contributed by atoms with Crippen molar-refractivity contribution in [3.05, 3.63) is 41.0 Å². The van der Waals surface area contributed by atoms with Crippen molar-refractivity contribution in [1.29, 1.82) is 0 Å². The summed E-state index contributed by atoms with van der Waals surface area (Å²) in [6, 6.07) is 5.84. The number of phenols is 1.